The van der Waals surface area contributed by atoms with Gasteiger partial charge < -0.3 is 19.9 Å². The molecular weight excluding hydrogens is 320 g/mol. The molecule has 9 heteroatoms. The van der Waals surface area contributed by atoms with E-state index in [-0.39, 0.29) is 17.0 Å². The van der Waals surface area contributed by atoms with E-state index in [2.05, 4.69) is 27.6 Å². The number of imidazole rings is 1. The van der Waals surface area contributed by atoms with Gasteiger partial charge >= 0.3 is 0 Å². The van der Waals surface area contributed by atoms with Crippen LogP contribution in [0.5, 0.6) is 0 Å². The summed E-state index contributed by atoms with van der Waals surface area (Å²) < 4.78 is 7.40. The second-order valence-corrected chi connectivity index (χ2v) is 6.82. The van der Waals surface area contributed by atoms with Gasteiger partial charge in [-0.1, -0.05) is 13.8 Å². The molecule has 1 aliphatic rings. The summed E-state index contributed by atoms with van der Waals surface area (Å²) in [6.07, 6.45) is 0.0888. The van der Waals surface area contributed by atoms with Gasteiger partial charge in [0, 0.05) is 0 Å². The molecule has 1 fully saturated rings. The monoisotopic (exact) mass is 340 g/mol. The summed E-state index contributed by atoms with van der Waals surface area (Å²) in [5.41, 5.74) is 0.195. The minimum Gasteiger partial charge on any atom is -0.390 e. The van der Waals surface area contributed by atoms with Crippen LogP contribution in [0.15, 0.2) is 17.4 Å². The Morgan fingerprint density at radius 1 is 1.48 bits per heavy atom. The third-order valence-electron chi connectivity index (χ3n) is 4.01. The molecule has 126 valence electrons. The van der Waals surface area contributed by atoms with Crippen LogP contribution >= 0.6 is 12.6 Å². The Balaban J connectivity index is 1.91. The van der Waals surface area contributed by atoms with Gasteiger partial charge in [-0.25, -0.2) is 9.97 Å². The molecule has 0 aliphatic carbocycles. The SMILES string of the molecule is CC(C)CC(O)[C@H]1O[C@@H](n2cnc3c(=O)[nH]cnc32)[C@H](S)[C@@H]1O. The Morgan fingerprint density at radius 3 is 2.91 bits per heavy atom. The predicted molar refractivity (Wildman–Crippen MR) is 86.3 cm³/mol. The number of rotatable bonds is 4. The van der Waals surface area contributed by atoms with Crippen molar-refractivity contribution in [3.8, 4) is 0 Å². The third-order valence-corrected chi connectivity index (χ3v) is 4.57. The van der Waals surface area contributed by atoms with Crippen LogP contribution in [0.3, 0.4) is 0 Å². The number of nitrogens with one attached hydrogen (secondary N) is 1. The van der Waals surface area contributed by atoms with E-state index >= 15 is 0 Å². The quantitative estimate of drug-likeness (QED) is 0.587. The molecule has 1 aliphatic heterocycles. The van der Waals surface area contributed by atoms with Gasteiger partial charge in [0.05, 0.1) is 30.1 Å². The number of hydrogen-bond acceptors (Lipinski definition) is 7. The largest absolute Gasteiger partial charge is 0.390 e. The molecule has 3 rings (SSSR count). The number of H-pyrrole nitrogens is 1. The van der Waals surface area contributed by atoms with Gasteiger partial charge in [-0.05, 0) is 12.3 Å². The Kier molecular flexibility index (Phi) is 4.45. The molecular formula is C14H20N4O4S. The van der Waals surface area contributed by atoms with E-state index in [1.807, 2.05) is 13.8 Å². The van der Waals surface area contributed by atoms with Crippen molar-refractivity contribution in [2.45, 2.75) is 50.1 Å². The first-order chi connectivity index (χ1) is 10.9. The standard InChI is InChI=1S/C14H20N4O4S/c1-6(2)3-7(19)10-9(20)11(23)14(22-10)18-5-17-8-12(18)15-4-16-13(8)21/h4-7,9-11,14,19-20,23H,3H2,1-2H3,(H,15,16,21)/t7?,9-,10-,11-,14-/m1/s1. The van der Waals surface area contributed by atoms with Crippen LogP contribution in [0.1, 0.15) is 26.5 Å². The van der Waals surface area contributed by atoms with Crippen molar-refractivity contribution in [2.24, 2.45) is 5.92 Å². The molecule has 3 heterocycles. The lowest BCUT2D eigenvalue weighted by Crippen LogP contribution is -2.37. The van der Waals surface area contributed by atoms with Crippen molar-refractivity contribution in [1.29, 1.82) is 0 Å². The molecule has 0 saturated carbocycles. The van der Waals surface area contributed by atoms with Gasteiger partial charge in [0.2, 0.25) is 0 Å². The van der Waals surface area contributed by atoms with Crippen molar-refractivity contribution >= 4 is 23.8 Å². The highest BCUT2D eigenvalue weighted by Gasteiger charge is 2.46. The Labute approximate surface area is 137 Å². The fourth-order valence-corrected chi connectivity index (χ4v) is 3.28. The van der Waals surface area contributed by atoms with E-state index in [1.54, 1.807) is 4.57 Å². The highest BCUT2D eigenvalue weighted by atomic mass is 32.1. The number of aliphatic hydroxyl groups is 2. The second-order valence-electron chi connectivity index (χ2n) is 6.23. The van der Waals surface area contributed by atoms with E-state index in [1.165, 1.54) is 12.7 Å². The van der Waals surface area contributed by atoms with Gasteiger partial charge in [-0.3, -0.25) is 9.36 Å². The van der Waals surface area contributed by atoms with Crippen molar-refractivity contribution in [1.82, 2.24) is 19.5 Å². The maximum Gasteiger partial charge on any atom is 0.278 e. The van der Waals surface area contributed by atoms with Gasteiger partial charge in [0.25, 0.3) is 5.56 Å². The number of aromatic amines is 1. The van der Waals surface area contributed by atoms with Crippen LogP contribution in [0.25, 0.3) is 11.2 Å². The molecule has 5 atom stereocenters. The van der Waals surface area contributed by atoms with E-state index in [4.69, 9.17) is 4.74 Å². The summed E-state index contributed by atoms with van der Waals surface area (Å²) in [6.45, 7) is 3.97. The summed E-state index contributed by atoms with van der Waals surface area (Å²) in [7, 11) is 0. The number of aliphatic hydroxyl groups excluding tert-OH is 2. The molecule has 0 aromatic carbocycles. The van der Waals surface area contributed by atoms with E-state index in [9.17, 15) is 15.0 Å². The number of aromatic nitrogens is 4. The second kappa shape index (κ2) is 6.23. The van der Waals surface area contributed by atoms with E-state index in [0.717, 1.165) is 0 Å². The summed E-state index contributed by atoms with van der Waals surface area (Å²) in [4.78, 5) is 22.3. The fraction of sp³-hybridized carbons (Fsp3) is 0.643. The molecule has 1 saturated heterocycles. The van der Waals surface area contributed by atoms with Crippen LogP contribution in [-0.2, 0) is 4.74 Å². The lowest BCUT2D eigenvalue weighted by molar-refractivity contribution is -0.0863. The summed E-state index contributed by atoms with van der Waals surface area (Å²) in [6, 6.07) is 0. The average Bonchev–Trinajstić information content (AvgIpc) is 3.02. The summed E-state index contributed by atoms with van der Waals surface area (Å²) in [5, 5.41) is 20.0. The zero-order valence-electron chi connectivity index (χ0n) is 12.8. The van der Waals surface area contributed by atoms with Gasteiger partial charge in [-0.2, -0.15) is 12.6 Å². The number of ether oxygens (including phenoxy) is 1. The Hall–Kier alpha value is -1.42. The topological polar surface area (TPSA) is 113 Å². The van der Waals surface area contributed by atoms with Crippen molar-refractivity contribution < 1.29 is 14.9 Å². The number of fused-ring (bicyclic) bond motifs is 1. The predicted octanol–water partition coefficient (Wildman–Crippen LogP) is 0.0833. The molecule has 0 radical (unpaired) electrons. The van der Waals surface area contributed by atoms with Crippen LogP contribution in [0.2, 0.25) is 0 Å². The van der Waals surface area contributed by atoms with Crippen molar-refractivity contribution in [2.75, 3.05) is 0 Å². The van der Waals surface area contributed by atoms with Crippen LogP contribution < -0.4 is 5.56 Å². The lowest BCUT2D eigenvalue weighted by atomic mass is 9.98. The van der Waals surface area contributed by atoms with Crippen LogP contribution in [0.4, 0.5) is 0 Å². The maximum atomic E-state index is 11.7. The highest BCUT2D eigenvalue weighted by Crippen LogP contribution is 2.36. The molecule has 1 unspecified atom stereocenters. The van der Waals surface area contributed by atoms with E-state index < -0.39 is 29.8 Å². The smallest absolute Gasteiger partial charge is 0.278 e. The molecule has 0 bridgehead atoms. The van der Waals surface area contributed by atoms with E-state index in [0.29, 0.717) is 12.1 Å². The highest BCUT2D eigenvalue weighted by molar-refractivity contribution is 7.81. The lowest BCUT2D eigenvalue weighted by Gasteiger charge is -2.22. The van der Waals surface area contributed by atoms with Crippen molar-refractivity contribution in [3.63, 3.8) is 0 Å². The molecule has 0 spiro atoms. The first kappa shape index (κ1) is 16.4. The Morgan fingerprint density at radius 2 is 2.22 bits per heavy atom. The van der Waals surface area contributed by atoms with Gasteiger partial charge in [0.1, 0.15) is 6.10 Å². The van der Waals surface area contributed by atoms with Crippen molar-refractivity contribution in [3.05, 3.63) is 23.0 Å². The maximum absolute atomic E-state index is 11.7. The zero-order chi connectivity index (χ0) is 16.7. The number of thiol groups is 1. The molecule has 3 N–H and O–H groups in total. The van der Waals surface area contributed by atoms with Gasteiger partial charge in [0.15, 0.2) is 17.4 Å². The first-order valence-corrected chi connectivity index (χ1v) is 8.01. The average molecular weight is 340 g/mol. The fourth-order valence-electron chi connectivity index (χ4n) is 2.90. The Bertz CT molecular complexity index is 746. The third kappa shape index (κ3) is 2.89. The molecule has 8 nitrogen and oxygen atoms in total. The summed E-state index contributed by atoms with van der Waals surface area (Å²) in [5.74, 6) is 0.271. The molecule has 23 heavy (non-hydrogen) atoms. The van der Waals surface area contributed by atoms with Crippen LogP contribution in [0, 0.1) is 5.92 Å². The molecule has 2 aromatic heterocycles. The first-order valence-electron chi connectivity index (χ1n) is 7.50. The van der Waals surface area contributed by atoms with Crippen LogP contribution in [-0.4, -0.2) is 53.3 Å². The number of nitrogens with zero attached hydrogens (tertiary/aromatic N) is 3. The minimum atomic E-state index is -0.934. The van der Waals surface area contributed by atoms with Gasteiger partial charge in [-0.15, -0.1) is 0 Å². The molecule has 0 amide bonds. The normalized spacial score (nSPS) is 29.5. The molecule has 2 aromatic rings. The zero-order valence-corrected chi connectivity index (χ0v) is 13.7. The number of hydrogen-bond donors (Lipinski definition) is 4. The summed E-state index contributed by atoms with van der Waals surface area (Å²) >= 11 is 4.42. The minimum absolute atomic E-state index is 0.192.